The van der Waals surface area contributed by atoms with E-state index in [1.807, 2.05) is 20.8 Å². The van der Waals surface area contributed by atoms with Gasteiger partial charge in [-0.1, -0.05) is 20.8 Å². The number of nitrogens with one attached hydrogen (secondary N) is 1. The third-order valence-corrected chi connectivity index (χ3v) is 2.60. The van der Waals surface area contributed by atoms with Gasteiger partial charge in [-0.3, -0.25) is 9.59 Å². The lowest BCUT2D eigenvalue weighted by molar-refractivity contribution is -0.137. The van der Waals surface area contributed by atoms with Crippen LogP contribution < -0.4 is 10.1 Å². The summed E-state index contributed by atoms with van der Waals surface area (Å²) in [6, 6.07) is 7.02. The first-order valence-electron chi connectivity index (χ1n) is 6.55. The Morgan fingerprint density at radius 3 is 2.30 bits per heavy atom. The minimum atomic E-state index is -0.825. The summed E-state index contributed by atoms with van der Waals surface area (Å²) in [5.41, 5.74) is 0.272. The highest BCUT2D eigenvalue weighted by atomic mass is 16.5. The van der Waals surface area contributed by atoms with Crippen LogP contribution in [0.3, 0.4) is 0 Å². The lowest BCUT2D eigenvalue weighted by Gasteiger charge is -2.17. The lowest BCUT2D eigenvalue weighted by atomic mass is 9.95. The number of rotatable bonds is 6. The van der Waals surface area contributed by atoms with E-state index in [9.17, 15) is 9.59 Å². The maximum atomic E-state index is 11.8. The molecule has 0 atom stereocenters. The number of amides is 1. The van der Waals surface area contributed by atoms with Crippen LogP contribution in [0.25, 0.3) is 0 Å². The first-order valence-corrected chi connectivity index (χ1v) is 6.55. The maximum absolute atomic E-state index is 11.8. The third-order valence-electron chi connectivity index (χ3n) is 2.60. The predicted molar refractivity (Wildman–Crippen MR) is 76.9 cm³/mol. The molecule has 0 saturated heterocycles. The van der Waals surface area contributed by atoms with Gasteiger partial charge in [-0.25, -0.2) is 0 Å². The minimum Gasteiger partial charge on any atom is -0.494 e. The maximum Gasteiger partial charge on any atom is 0.303 e. The Kier molecular flexibility index (Phi) is 5.55. The molecule has 2 N–H and O–H groups in total. The number of ether oxygens (including phenoxy) is 1. The van der Waals surface area contributed by atoms with Crippen molar-refractivity contribution in [2.45, 2.75) is 33.6 Å². The normalized spacial score (nSPS) is 10.9. The zero-order valence-electron chi connectivity index (χ0n) is 12.1. The summed E-state index contributed by atoms with van der Waals surface area (Å²) in [7, 11) is 0. The van der Waals surface area contributed by atoms with Gasteiger partial charge in [0.2, 0.25) is 5.91 Å². The highest BCUT2D eigenvalue weighted by Gasteiger charge is 2.20. The van der Waals surface area contributed by atoms with Crippen LogP contribution in [0, 0.1) is 5.41 Å². The summed E-state index contributed by atoms with van der Waals surface area (Å²) < 4.78 is 5.41. The van der Waals surface area contributed by atoms with Crippen molar-refractivity contribution in [1.82, 2.24) is 0 Å². The zero-order valence-corrected chi connectivity index (χ0v) is 12.1. The SMILES string of the molecule is CC(C)(C)C(=O)Nc1ccc(OCCCC(=O)O)cc1. The van der Waals surface area contributed by atoms with Crippen LogP contribution in [0.2, 0.25) is 0 Å². The first-order chi connectivity index (χ1) is 9.29. The van der Waals surface area contributed by atoms with Crippen molar-refractivity contribution in [1.29, 1.82) is 0 Å². The van der Waals surface area contributed by atoms with Gasteiger partial charge in [0.15, 0.2) is 0 Å². The van der Waals surface area contributed by atoms with Crippen molar-refractivity contribution in [3.05, 3.63) is 24.3 Å². The van der Waals surface area contributed by atoms with Gasteiger partial charge in [0.05, 0.1) is 6.61 Å². The fourth-order valence-corrected chi connectivity index (χ4v) is 1.37. The largest absolute Gasteiger partial charge is 0.494 e. The predicted octanol–water partition coefficient (Wildman–Crippen LogP) is 2.91. The topological polar surface area (TPSA) is 75.6 Å². The highest BCUT2D eigenvalue weighted by molar-refractivity contribution is 5.94. The molecule has 1 aromatic carbocycles. The summed E-state index contributed by atoms with van der Waals surface area (Å²) in [5.74, 6) is -0.217. The molecule has 0 spiro atoms. The molecule has 0 aliphatic rings. The highest BCUT2D eigenvalue weighted by Crippen LogP contribution is 2.20. The molecule has 5 heteroatoms. The van der Waals surface area contributed by atoms with Crippen molar-refractivity contribution in [3.63, 3.8) is 0 Å². The number of carboxylic acid groups (broad SMARTS) is 1. The smallest absolute Gasteiger partial charge is 0.303 e. The molecule has 0 fully saturated rings. The Labute approximate surface area is 118 Å². The summed E-state index contributed by atoms with van der Waals surface area (Å²) in [5, 5.41) is 11.3. The van der Waals surface area contributed by atoms with Gasteiger partial charge in [0.25, 0.3) is 0 Å². The molecule has 110 valence electrons. The minimum absolute atomic E-state index is 0.0485. The van der Waals surface area contributed by atoms with Gasteiger partial charge < -0.3 is 15.2 Å². The van der Waals surface area contributed by atoms with Crippen LogP contribution in [-0.2, 0) is 9.59 Å². The van der Waals surface area contributed by atoms with E-state index in [2.05, 4.69) is 5.32 Å². The number of hydrogen-bond acceptors (Lipinski definition) is 3. The second-order valence-electron chi connectivity index (χ2n) is 5.57. The Hall–Kier alpha value is -2.04. The van der Waals surface area contributed by atoms with Gasteiger partial charge in [-0.2, -0.15) is 0 Å². The van der Waals surface area contributed by atoms with E-state index in [0.717, 1.165) is 0 Å². The van der Waals surface area contributed by atoms with Gasteiger partial charge in [-0.15, -0.1) is 0 Å². The number of carbonyl (C=O) groups is 2. The fourth-order valence-electron chi connectivity index (χ4n) is 1.37. The van der Waals surface area contributed by atoms with E-state index < -0.39 is 11.4 Å². The van der Waals surface area contributed by atoms with Crippen molar-refractivity contribution < 1.29 is 19.4 Å². The Morgan fingerprint density at radius 2 is 1.80 bits per heavy atom. The van der Waals surface area contributed by atoms with Crippen molar-refractivity contribution in [2.24, 2.45) is 5.41 Å². The fraction of sp³-hybridized carbons (Fsp3) is 0.467. The van der Waals surface area contributed by atoms with Crippen LogP contribution in [0.15, 0.2) is 24.3 Å². The summed E-state index contributed by atoms with van der Waals surface area (Å²) in [6.45, 7) is 5.91. The van der Waals surface area contributed by atoms with E-state index in [1.54, 1.807) is 24.3 Å². The number of carbonyl (C=O) groups excluding carboxylic acids is 1. The standard InChI is InChI=1S/C15H21NO4/c1-15(2,3)14(19)16-11-6-8-12(9-7-11)20-10-4-5-13(17)18/h6-9H,4-5,10H2,1-3H3,(H,16,19)(H,17,18). The van der Waals surface area contributed by atoms with Crippen LogP contribution in [0.5, 0.6) is 5.75 Å². The van der Waals surface area contributed by atoms with E-state index in [1.165, 1.54) is 0 Å². The van der Waals surface area contributed by atoms with Crippen LogP contribution >= 0.6 is 0 Å². The number of hydrogen-bond donors (Lipinski definition) is 2. The monoisotopic (exact) mass is 279 g/mol. The summed E-state index contributed by atoms with van der Waals surface area (Å²) in [4.78, 5) is 22.1. The molecule has 0 heterocycles. The zero-order chi connectivity index (χ0) is 15.2. The summed E-state index contributed by atoms with van der Waals surface area (Å²) in [6.07, 6.45) is 0.567. The van der Waals surface area contributed by atoms with Crippen LogP contribution in [0.1, 0.15) is 33.6 Å². The molecule has 0 bridgehead atoms. The molecule has 1 aromatic rings. The Balaban J connectivity index is 2.44. The number of benzene rings is 1. The lowest BCUT2D eigenvalue weighted by Crippen LogP contribution is -2.27. The average molecular weight is 279 g/mol. The molecule has 0 saturated carbocycles. The van der Waals surface area contributed by atoms with E-state index in [4.69, 9.17) is 9.84 Å². The number of aliphatic carboxylic acids is 1. The van der Waals surface area contributed by atoms with Gasteiger partial charge in [-0.05, 0) is 30.7 Å². The Morgan fingerprint density at radius 1 is 1.20 bits per heavy atom. The van der Waals surface area contributed by atoms with Gasteiger partial charge in [0, 0.05) is 17.5 Å². The van der Waals surface area contributed by atoms with Crippen LogP contribution in [-0.4, -0.2) is 23.6 Å². The third kappa shape index (κ3) is 5.73. The quantitative estimate of drug-likeness (QED) is 0.785. The second kappa shape index (κ2) is 6.93. The van der Waals surface area contributed by atoms with Crippen molar-refractivity contribution in [2.75, 3.05) is 11.9 Å². The van der Waals surface area contributed by atoms with E-state index in [-0.39, 0.29) is 12.3 Å². The number of carboxylic acids is 1. The van der Waals surface area contributed by atoms with Crippen LogP contribution in [0.4, 0.5) is 5.69 Å². The average Bonchev–Trinajstić information content (AvgIpc) is 2.35. The molecule has 1 amide bonds. The van der Waals surface area contributed by atoms with E-state index >= 15 is 0 Å². The van der Waals surface area contributed by atoms with Crippen molar-refractivity contribution in [3.8, 4) is 5.75 Å². The van der Waals surface area contributed by atoms with E-state index in [0.29, 0.717) is 24.5 Å². The molecule has 0 unspecified atom stereocenters. The summed E-state index contributed by atoms with van der Waals surface area (Å²) >= 11 is 0. The second-order valence-corrected chi connectivity index (χ2v) is 5.57. The molecule has 1 rings (SSSR count). The van der Waals surface area contributed by atoms with Gasteiger partial charge >= 0.3 is 5.97 Å². The molecule has 0 aliphatic heterocycles. The molecular formula is C15H21NO4. The molecular weight excluding hydrogens is 258 g/mol. The molecule has 0 aliphatic carbocycles. The van der Waals surface area contributed by atoms with Crippen molar-refractivity contribution >= 4 is 17.6 Å². The molecule has 5 nitrogen and oxygen atoms in total. The molecule has 0 aromatic heterocycles. The molecule has 20 heavy (non-hydrogen) atoms. The first kappa shape index (κ1) is 16.0. The van der Waals surface area contributed by atoms with Gasteiger partial charge in [0.1, 0.15) is 5.75 Å². The Bertz CT molecular complexity index is 460. The molecule has 0 radical (unpaired) electrons. The number of anilines is 1.